The standard InChI is InChI=1S/C11H14ClN3O2/c12-10-9(11(13)16)4-8(5-15-10)17-6-7-2-1-3-14-7/h4-5,7,14H,1-3,6H2,(H2,13,16). The predicted octanol–water partition coefficient (Wildman–Crippen LogP) is 0.965. The SMILES string of the molecule is NC(=O)c1cc(OCC2CCCN2)cnc1Cl. The van der Waals surface area contributed by atoms with Crippen molar-refractivity contribution in [2.75, 3.05) is 13.2 Å². The number of primary amides is 1. The Kier molecular flexibility index (Phi) is 3.81. The van der Waals surface area contributed by atoms with Gasteiger partial charge in [-0.25, -0.2) is 4.98 Å². The number of aromatic nitrogens is 1. The molecular formula is C11H14ClN3O2. The predicted molar refractivity (Wildman–Crippen MR) is 64.3 cm³/mol. The van der Waals surface area contributed by atoms with Gasteiger partial charge in [-0.05, 0) is 25.5 Å². The van der Waals surface area contributed by atoms with Crippen molar-refractivity contribution in [3.05, 3.63) is 23.0 Å². The summed E-state index contributed by atoms with van der Waals surface area (Å²) in [6.45, 7) is 1.58. The number of carbonyl (C=O) groups is 1. The third-order valence-electron chi connectivity index (χ3n) is 2.69. The first-order valence-corrected chi connectivity index (χ1v) is 5.86. The topological polar surface area (TPSA) is 77.2 Å². The smallest absolute Gasteiger partial charge is 0.251 e. The number of nitrogens with zero attached hydrogens (tertiary/aromatic N) is 1. The normalized spacial score (nSPS) is 19.2. The van der Waals surface area contributed by atoms with E-state index in [1.54, 1.807) is 0 Å². The zero-order valence-electron chi connectivity index (χ0n) is 9.28. The van der Waals surface area contributed by atoms with Crippen molar-refractivity contribution >= 4 is 17.5 Å². The summed E-state index contributed by atoms with van der Waals surface area (Å²) in [5.41, 5.74) is 5.35. The van der Waals surface area contributed by atoms with E-state index in [4.69, 9.17) is 22.1 Å². The molecule has 3 N–H and O–H groups in total. The van der Waals surface area contributed by atoms with Gasteiger partial charge >= 0.3 is 0 Å². The lowest BCUT2D eigenvalue weighted by molar-refractivity contribution is 0.0999. The van der Waals surface area contributed by atoms with E-state index < -0.39 is 5.91 Å². The van der Waals surface area contributed by atoms with Gasteiger partial charge in [0.15, 0.2) is 0 Å². The van der Waals surface area contributed by atoms with E-state index in [1.165, 1.54) is 18.7 Å². The fraction of sp³-hybridized carbons (Fsp3) is 0.455. The minimum Gasteiger partial charge on any atom is -0.490 e. The number of pyridine rings is 1. The molecule has 0 aliphatic carbocycles. The third kappa shape index (κ3) is 3.08. The molecule has 1 aliphatic heterocycles. The van der Waals surface area contributed by atoms with Crippen LogP contribution in [0.15, 0.2) is 12.3 Å². The summed E-state index contributed by atoms with van der Waals surface area (Å²) in [5.74, 6) is -0.0937. The summed E-state index contributed by atoms with van der Waals surface area (Å²) in [6.07, 6.45) is 3.76. The molecule has 0 spiro atoms. The molecule has 1 aromatic rings. The molecule has 2 heterocycles. The molecule has 1 aliphatic rings. The van der Waals surface area contributed by atoms with Crippen LogP contribution in [0.2, 0.25) is 5.15 Å². The van der Waals surface area contributed by atoms with Gasteiger partial charge in [-0.1, -0.05) is 11.6 Å². The van der Waals surface area contributed by atoms with E-state index in [-0.39, 0.29) is 10.7 Å². The number of halogens is 1. The van der Waals surface area contributed by atoms with E-state index in [1.807, 2.05) is 0 Å². The number of amides is 1. The summed E-state index contributed by atoms with van der Waals surface area (Å²) in [7, 11) is 0. The van der Waals surface area contributed by atoms with E-state index in [9.17, 15) is 4.79 Å². The average molecular weight is 256 g/mol. The molecule has 1 amide bonds. The number of nitrogens with one attached hydrogen (secondary N) is 1. The molecule has 0 saturated carbocycles. The Bertz CT molecular complexity index is 419. The second-order valence-corrected chi connectivity index (χ2v) is 4.34. The van der Waals surface area contributed by atoms with Gasteiger partial charge in [0.25, 0.3) is 5.91 Å². The van der Waals surface area contributed by atoms with Gasteiger partial charge in [0.05, 0.1) is 11.8 Å². The van der Waals surface area contributed by atoms with Crippen molar-refractivity contribution in [2.24, 2.45) is 5.73 Å². The molecule has 0 aromatic carbocycles. The molecule has 1 unspecified atom stereocenters. The molecule has 1 fully saturated rings. The summed E-state index contributed by atoms with van der Waals surface area (Å²) < 4.78 is 5.54. The third-order valence-corrected chi connectivity index (χ3v) is 2.99. The highest BCUT2D eigenvalue weighted by molar-refractivity contribution is 6.32. The van der Waals surface area contributed by atoms with Gasteiger partial charge < -0.3 is 15.8 Å². The van der Waals surface area contributed by atoms with E-state index in [2.05, 4.69) is 10.3 Å². The Morgan fingerprint density at radius 2 is 2.53 bits per heavy atom. The number of ether oxygens (including phenoxy) is 1. The number of carbonyl (C=O) groups excluding carboxylic acids is 1. The van der Waals surface area contributed by atoms with E-state index in [0.717, 1.165) is 13.0 Å². The fourth-order valence-electron chi connectivity index (χ4n) is 1.78. The van der Waals surface area contributed by atoms with Crippen molar-refractivity contribution in [3.8, 4) is 5.75 Å². The van der Waals surface area contributed by atoms with Crippen LogP contribution in [0.1, 0.15) is 23.2 Å². The van der Waals surface area contributed by atoms with E-state index in [0.29, 0.717) is 18.4 Å². The van der Waals surface area contributed by atoms with Gasteiger partial charge in [-0.15, -0.1) is 0 Å². The Morgan fingerprint density at radius 3 is 3.18 bits per heavy atom. The molecule has 1 aromatic heterocycles. The van der Waals surface area contributed by atoms with Crippen LogP contribution in [0.3, 0.4) is 0 Å². The van der Waals surface area contributed by atoms with Gasteiger partial charge in [0, 0.05) is 6.04 Å². The highest BCUT2D eigenvalue weighted by Crippen LogP contribution is 2.19. The molecule has 1 saturated heterocycles. The maximum absolute atomic E-state index is 11.1. The minimum absolute atomic E-state index is 0.101. The van der Waals surface area contributed by atoms with Gasteiger partial charge in [-0.2, -0.15) is 0 Å². The summed E-state index contributed by atoms with van der Waals surface area (Å²) in [5, 5.41) is 3.41. The first-order valence-electron chi connectivity index (χ1n) is 5.48. The van der Waals surface area contributed by atoms with Crippen molar-refractivity contribution in [2.45, 2.75) is 18.9 Å². The highest BCUT2D eigenvalue weighted by atomic mass is 35.5. The Labute approximate surface area is 104 Å². The largest absolute Gasteiger partial charge is 0.490 e. The zero-order chi connectivity index (χ0) is 12.3. The van der Waals surface area contributed by atoms with Crippen LogP contribution in [0.25, 0.3) is 0 Å². The Morgan fingerprint density at radius 1 is 1.71 bits per heavy atom. The second-order valence-electron chi connectivity index (χ2n) is 3.98. The van der Waals surface area contributed by atoms with Crippen LogP contribution >= 0.6 is 11.6 Å². The molecule has 92 valence electrons. The van der Waals surface area contributed by atoms with Crippen molar-refractivity contribution in [1.82, 2.24) is 10.3 Å². The van der Waals surface area contributed by atoms with Crippen LogP contribution in [-0.4, -0.2) is 30.1 Å². The number of rotatable bonds is 4. The molecule has 0 bridgehead atoms. The molecular weight excluding hydrogens is 242 g/mol. The fourth-order valence-corrected chi connectivity index (χ4v) is 1.97. The highest BCUT2D eigenvalue weighted by Gasteiger charge is 2.15. The van der Waals surface area contributed by atoms with Crippen molar-refractivity contribution < 1.29 is 9.53 Å². The lowest BCUT2D eigenvalue weighted by Gasteiger charge is -2.12. The number of hydrogen-bond acceptors (Lipinski definition) is 4. The lowest BCUT2D eigenvalue weighted by Crippen LogP contribution is -2.28. The molecule has 6 heteroatoms. The average Bonchev–Trinajstić information content (AvgIpc) is 2.80. The van der Waals surface area contributed by atoms with Crippen LogP contribution < -0.4 is 15.8 Å². The summed E-state index contributed by atoms with van der Waals surface area (Å²) >= 11 is 5.74. The van der Waals surface area contributed by atoms with Crippen molar-refractivity contribution in [1.29, 1.82) is 0 Å². The maximum atomic E-state index is 11.1. The molecule has 17 heavy (non-hydrogen) atoms. The van der Waals surface area contributed by atoms with Gasteiger partial charge in [0.2, 0.25) is 0 Å². The summed E-state index contributed by atoms with van der Waals surface area (Å²) in [4.78, 5) is 14.9. The van der Waals surface area contributed by atoms with Gasteiger partial charge in [0.1, 0.15) is 17.5 Å². The van der Waals surface area contributed by atoms with E-state index >= 15 is 0 Å². The van der Waals surface area contributed by atoms with Crippen LogP contribution in [-0.2, 0) is 0 Å². The lowest BCUT2D eigenvalue weighted by atomic mass is 10.2. The first-order chi connectivity index (χ1) is 8.16. The monoisotopic (exact) mass is 255 g/mol. The number of nitrogens with two attached hydrogens (primary N) is 1. The maximum Gasteiger partial charge on any atom is 0.251 e. The Hall–Kier alpha value is -1.33. The first kappa shape index (κ1) is 12.1. The minimum atomic E-state index is -0.605. The van der Waals surface area contributed by atoms with Crippen LogP contribution in [0, 0.1) is 0 Å². The number of hydrogen-bond donors (Lipinski definition) is 2. The van der Waals surface area contributed by atoms with Crippen LogP contribution in [0.4, 0.5) is 0 Å². The molecule has 2 rings (SSSR count). The summed E-state index contributed by atoms with van der Waals surface area (Å²) in [6, 6.07) is 1.88. The van der Waals surface area contributed by atoms with Crippen molar-refractivity contribution in [3.63, 3.8) is 0 Å². The van der Waals surface area contributed by atoms with Gasteiger partial charge in [-0.3, -0.25) is 4.79 Å². The Balaban J connectivity index is 2.00. The molecule has 5 nitrogen and oxygen atoms in total. The zero-order valence-corrected chi connectivity index (χ0v) is 10.0. The van der Waals surface area contributed by atoms with Crippen LogP contribution in [0.5, 0.6) is 5.75 Å². The molecule has 1 atom stereocenters. The molecule has 0 radical (unpaired) electrons. The quantitative estimate of drug-likeness (QED) is 0.786. The second kappa shape index (κ2) is 5.33.